The summed E-state index contributed by atoms with van der Waals surface area (Å²) in [5, 5.41) is 4.07. The molecule has 3 aromatic rings. The van der Waals surface area contributed by atoms with Gasteiger partial charge in [-0.25, -0.2) is 4.79 Å². The largest absolute Gasteiger partial charge is 0.466 e. The van der Waals surface area contributed by atoms with Crippen LogP contribution in [0.2, 0.25) is 18.1 Å². The van der Waals surface area contributed by atoms with Gasteiger partial charge in [-0.05, 0) is 35.3 Å². The van der Waals surface area contributed by atoms with E-state index >= 15 is 0 Å². The molecule has 1 aromatic heterocycles. The molecule has 194 valence electrons. The van der Waals surface area contributed by atoms with Gasteiger partial charge in [0.05, 0.1) is 19.3 Å². The van der Waals surface area contributed by atoms with Gasteiger partial charge in [0.2, 0.25) is 0 Å². The van der Waals surface area contributed by atoms with Crippen molar-refractivity contribution in [3.8, 4) is 0 Å². The molecule has 0 aliphatic carbocycles. The van der Waals surface area contributed by atoms with Gasteiger partial charge in [-0.15, -0.1) is 0 Å². The molecular weight excluding hydrogens is 472 g/mol. The molecule has 0 saturated heterocycles. The van der Waals surface area contributed by atoms with E-state index < -0.39 is 20.5 Å². The zero-order chi connectivity index (χ0) is 26.3. The van der Waals surface area contributed by atoms with Crippen molar-refractivity contribution >= 4 is 31.3 Å². The number of esters is 1. The molecule has 0 radical (unpaired) electrons. The molecule has 0 aliphatic rings. The third-order valence-electron chi connectivity index (χ3n) is 6.77. The number of carbonyl (C=O) groups is 2. The first-order chi connectivity index (χ1) is 17.0. The zero-order valence-electron chi connectivity index (χ0n) is 22.1. The van der Waals surface area contributed by atoms with Crippen molar-refractivity contribution in [1.29, 1.82) is 0 Å². The van der Waals surface area contributed by atoms with Crippen LogP contribution in [0, 0.1) is 0 Å². The van der Waals surface area contributed by atoms with Crippen LogP contribution >= 0.6 is 0 Å². The summed E-state index contributed by atoms with van der Waals surface area (Å²) < 4.78 is 17.3. The van der Waals surface area contributed by atoms with Crippen molar-refractivity contribution in [2.24, 2.45) is 0 Å². The Balaban J connectivity index is 1.88. The second-order valence-electron chi connectivity index (χ2n) is 10.5. The van der Waals surface area contributed by atoms with E-state index in [0.29, 0.717) is 13.0 Å². The van der Waals surface area contributed by atoms with Crippen molar-refractivity contribution in [3.05, 3.63) is 71.4 Å². The normalized spacial score (nSPS) is 12.8. The van der Waals surface area contributed by atoms with E-state index in [2.05, 4.69) is 44.2 Å². The Morgan fingerprint density at radius 1 is 1.00 bits per heavy atom. The van der Waals surface area contributed by atoms with Gasteiger partial charge in [0.1, 0.15) is 6.61 Å². The number of nitrogens with one attached hydrogen (secondary N) is 2. The molecule has 7 nitrogen and oxygen atoms in total. The second-order valence-corrected chi connectivity index (χ2v) is 15.3. The molecule has 36 heavy (non-hydrogen) atoms. The van der Waals surface area contributed by atoms with E-state index in [-0.39, 0.29) is 24.2 Å². The van der Waals surface area contributed by atoms with Crippen LogP contribution in [0.5, 0.6) is 0 Å². The molecule has 8 heteroatoms. The molecule has 1 amide bonds. The molecule has 1 heterocycles. The predicted molar refractivity (Wildman–Crippen MR) is 144 cm³/mol. The minimum absolute atomic E-state index is 0.0178. The minimum atomic E-state index is -2.09. The highest BCUT2D eigenvalue weighted by Crippen LogP contribution is 2.37. The standard InChI is InChI=1S/C28H38N2O5Si/c1-20(31)33-17-16-23-22-14-10-11-15-24(22)29-26(23)25(19-35-36(5,6)28(2,3)4)30-27(32)34-18-21-12-8-7-9-13-21/h7-15,25,29H,16-19H2,1-6H3,(H,30,32)/t25-/m0/s1. The van der Waals surface area contributed by atoms with E-state index in [0.717, 1.165) is 27.7 Å². The summed E-state index contributed by atoms with van der Waals surface area (Å²) in [6.45, 7) is 13.0. The van der Waals surface area contributed by atoms with Crippen LogP contribution in [-0.4, -0.2) is 38.6 Å². The summed E-state index contributed by atoms with van der Waals surface area (Å²) >= 11 is 0. The molecule has 3 rings (SSSR count). The Labute approximate surface area is 214 Å². The van der Waals surface area contributed by atoms with E-state index in [4.69, 9.17) is 13.9 Å². The van der Waals surface area contributed by atoms with Crippen LogP contribution < -0.4 is 5.32 Å². The topological polar surface area (TPSA) is 89.7 Å². The fraction of sp³-hybridized carbons (Fsp3) is 0.429. The highest BCUT2D eigenvalue weighted by molar-refractivity contribution is 6.74. The number of alkyl carbamates (subject to hydrolysis) is 1. The quantitative estimate of drug-likeness (QED) is 0.248. The lowest BCUT2D eigenvalue weighted by Crippen LogP contribution is -2.44. The first-order valence-electron chi connectivity index (χ1n) is 12.3. The number of amides is 1. The molecule has 0 fully saturated rings. The van der Waals surface area contributed by atoms with Gasteiger partial charge in [-0.1, -0.05) is 69.3 Å². The lowest BCUT2D eigenvalue weighted by atomic mass is 10.0. The van der Waals surface area contributed by atoms with Crippen LogP contribution in [0.1, 0.15) is 50.6 Å². The summed E-state index contributed by atoms with van der Waals surface area (Å²) in [6.07, 6.45) is -0.0109. The van der Waals surface area contributed by atoms with Gasteiger partial charge in [-0.2, -0.15) is 0 Å². The second kappa shape index (κ2) is 11.8. The molecular formula is C28H38N2O5Si. The molecule has 0 aliphatic heterocycles. The Morgan fingerprint density at radius 3 is 2.33 bits per heavy atom. The Hall–Kier alpha value is -3.10. The third-order valence-corrected chi connectivity index (χ3v) is 11.3. The Bertz CT molecular complexity index is 1170. The van der Waals surface area contributed by atoms with Gasteiger partial charge in [0, 0.05) is 29.9 Å². The van der Waals surface area contributed by atoms with Crippen molar-refractivity contribution in [3.63, 3.8) is 0 Å². The first-order valence-corrected chi connectivity index (χ1v) is 15.2. The first kappa shape index (κ1) is 27.5. The lowest BCUT2D eigenvalue weighted by Gasteiger charge is -2.37. The number of carbonyl (C=O) groups excluding carboxylic acids is 2. The smallest absolute Gasteiger partial charge is 0.408 e. The van der Waals surface area contributed by atoms with Crippen LogP contribution in [-0.2, 0) is 31.7 Å². The molecule has 2 aromatic carbocycles. The van der Waals surface area contributed by atoms with E-state index in [9.17, 15) is 9.59 Å². The molecule has 0 saturated carbocycles. The van der Waals surface area contributed by atoms with Gasteiger partial charge in [-0.3, -0.25) is 4.79 Å². The van der Waals surface area contributed by atoms with Crippen LogP contribution in [0.3, 0.4) is 0 Å². The van der Waals surface area contributed by atoms with Crippen molar-refractivity contribution < 1.29 is 23.5 Å². The number of rotatable bonds is 10. The van der Waals surface area contributed by atoms with Gasteiger partial charge in [0.15, 0.2) is 8.32 Å². The van der Waals surface area contributed by atoms with Crippen molar-refractivity contribution in [2.45, 2.75) is 64.9 Å². The summed E-state index contributed by atoms with van der Waals surface area (Å²) in [4.78, 5) is 27.7. The summed E-state index contributed by atoms with van der Waals surface area (Å²) in [7, 11) is -2.09. The van der Waals surface area contributed by atoms with Crippen molar-refractivity contribution in [2.75, 3.05) is 13.2 Å². The highest BCUT2D eigenvalue weighted by Gasteiger charge is 2.38. The highest BCUT2D eigenvalue weighted by atomic mass is 28.4. The third kappa shape index (κ3) is 7.21. The SMILES string of the molecule is CC(=O)OCCc1c([C@H](CO[Si](C)(C)C(C)(C)C)NC(=O)OCc2ccccc2)[nH]c2ccccc12. The number of hydrogen-bond acceptors (Lipinski definition) is 5. The number of para-hydroxylation sites is 1. The fourth-order valence-electron chi connectivity index (χ4n) is 3.70. The van der Waals surface area contributed by atoms with Gasteiger partial charge >= 0.3 is 12.1 Å². The zero-order valence-corrected chi connectivity index (χ0v) is 23.1. The number of aromatic amines is 1. The number of ether oxygens (including phenoxy) is 2. The Morgan fingerprint density at radius 2 is 1.67 bits per heavy atom. The summed E-state index contributed by atoms with van der Waals surface area (Å²) in [6, 6.07) is 17.0. The van der Waals surface area contributed by atoms with E-state index in [1.165, 1.54) is 6.92 Å². The molecule has 0 bridgehead atoms. The number of aromatic nitrogens is 1. The summed E-state index contributed by atoms with van der Waals surface area (Å²) in [5.41, 5.74) is 3.68. The van der Waals surface area contributed by atoms with Crippen LogP contribution in [0.25, 0.3) is 10.9 Å². The number of fused-ring (bicyclic) bond motifs is 1. The number of H-pyrrole nitrogens is 1. The lowest BCUT2D eigenvalue weighted by molar-refractivity contribution is -0.140. The average Bonchev–Trinajstić information content (AvgIpc) is 3.18. The maximum atomic E-state index is 12.9. The predicted octanol–water partition coefficient (Wildman–Crippen LogP) is 6.26. The maximum Gasteiger partial charge on any atom is 0.408 e. The summed E-state index contributed by atoms with van der Waals surface area (Å²) in [5.74, 6) is -0.322. The maximum absolute atomic E-state index is 12.9. The molecule has 0 spiro atoms. The van der Waals surface area contributed by atoms with E-state index in [1.807, 2.05) is 54.6 Å². The molecule has 0 unspecified atom stereocenters. The number of hydrogen-bond donors (Lipinski definition) is 2. The average molecular weight is 511 g/mol. The van der Waals surface area contributed by atoms with Crippen LogP contribution in [0.15, 0.2) is 54.6 Å². The monoisotopic (exact) mass is 510 g/mol. The van der Waals surface area contributed by atoms with Crippen LogP contribution in [0.4, 0.5) is 4.79 Å². The molecule has 2 N–H and O–H groups in total. The molecule has 1 atom stereocenters. The van der Waals surface area contributed by atoms with Crippen molar-refractivity contribution in [1.82, 2.24) is 10.3 Å². The minimum Gasteiger partial charge on any atom is -0.466 e. The van der Waals surface area contributed by atoms with E-state index in [1.54, 1.807) is 0 Å². The van der Waals surface area contributed by atoms with Gasteiger partial charge in [0.25, 0.3) is 0 Å². The van der Waals surface area contributed by atoms with Gasteiger partial charge < -0.3 is 24.2 Å². The number of benzene rings is 2. The Kier molecular flexibility index (Phi) is 8.97. The fourth-order valence-corrected chi connectivity index (χ4v) is 4.71.